The lowest BCUT2D eigenvalue weighted by Gasteiger charge is -2.26. The molecule has 4 heterocycles. The molecule has 0 fully saturated rings. The van der Waals surface area contributed by atoms with Gasteiger partial charge in [-0.05, 0) is 58.7 Å². The smallest absolute Gasteiger partial charge is 0.197 e. The Morgan fingerprint density at radius 1 is 0.513 bits per heavy atom. The minimum atomic E-state index is 0.0365. The molecule has 2 heteroatoms. The molecule has 1 spiro atoms. The van der Waals surface area contributed by atoms with Crippen LogP contribution in [0.4, 0.5) is 0 Å². The van der Waals surface area contributed by atoms with Gasteiger partial charge in [-0.1, -0.05) is 84.9 Å². The summed E-state index contributed by atoms with van der Waals surface area (Å²) < 4.78 is 5.06. The highest BCUT2D eigenvalue weighted by Crippen LogP contribution is 2.41. The van der Waals surface area contributed by atoms with E-state index in [0.29, 0.717) is 0 Å². The van der Waals surface area contributed by atoms with Crippen molar-refractivity contribution in [1.82, 2.24) is 0 Å². The van der Waals surface area contributed by atoms with Crippen LogP contribution >= 0.6 is 0 Å². The molecule has 2 aliphatic rings. The Morgan fingerprint density at radius 3 is 2.00 bits per heavy atom. The molecule has 2 aliphatic heterocycles. The molecular weight excluding hydrogens is 472 g/mol. The van der Waals surface area contributed by atoms with Crippen LogP contribution in [0.3, 0.4) is 0 Å². The first-order chi connectivity index (χ1) is 19.3. The summed E-state index contributed by atoms with van der Waals surface area (Å²) in [6, 6.07) is 44.7. The molecule has 39 heavy (non-hydrogen) atoms. The van der Waals surface area contributed by atoms with E-state index < -0.39 is 0 Å². The maximum atomic E-state index is 2.54. The van der Waals surface area contributed by atoms with Gasteiger partial charge in [0.2, 0.25) is 11.4 Å². The second kappa shape index (κ2) is 8.74. The van der Waals surface area contributed by atoms with Crippen molar-refractivity contribution in [2.24, 2.45) is 5.41 Å². The van der Waals surface area contributed by atoms with Gasteiger partial charge in [-0.25, -0.2) is 0 Å². The first-order valence-electron chi connectivity index (χ1n) is 13.9. The highest BCUT2D eigenvalue weighted by atomic mass is 15.0. The first-order valence-corrected chi connectivity index (χ1v) is 13.9. The molecule has 186 valence electrons. The van der Waals surface area contributed by atoms with Crippen molar-refractivity contribution >= 4 is 10.8 Å². The molecule has 4 aromatic carbocycles. The average Bonchev–Trinajstić information content (AvgIpc) is 3.21. The predicted octanol–water partition coefficient (Wildman–Crippen LogP) is 7.21. The Balaban J connectivity index is 1.34. The Kier molecular flexibility index (Phi) is 5.03. The molecule has 0 N–H and O–H groups in total. The van der Waals surface area contributed by atoms with Crippen LogP contribution in [0.5, 0.6) is 0 Å². The third-order valence-corrected chi connectivity index (χ3v) is 8.79. The predicted molar refractivity (Wildman–Crippen MR) is 157 cm³/mol. The lowest BCUT2D eigenvalue weighted by atomic mass is 9.76. The second-order valence-corrected chi connectivity index (χ2v) is 11.3. The summed E-state index contributed by atoms with van der Waals surface area (Å²) in [5.41, 5.74) is 10.8. The Hall–Kier alpha value is -4.56. The molecule has 1 atom stereocenters. The zero-order valence-electron chi connectivity index (χ0n) is 21.9. The van der Waals surface area contributed by atoms with Crippen LogP contribution in [-0.4, -0.2) is 0 Å². The van der Waals surface area contributed by atoms with Gasteiger partial charge in [-0.15, -0.1) is 0 Å². The largest absolute Gasteiger partial charge is 0.220 e. The molecule has 0 saturated carbocycles. The third kappa shape index (κ3) is 3.71. The second-order valence-electron chi connectivity index (χ2n) is 11.3. The molecule has 2 aromatic heterocycles. The number of aromatic nitrogens is 2. The van der Waals surface area contributed by atoms with Gasteiger partial charge in [0.05, 0.1) is 16.4 Å². The summed E-state index contributed by atoms with van der Waals surface area (Å²) in [7, 11) is 0. The summed E-state index contributed by atoms with van der Waals surface area (Å²) in [6.45, 7) is 1.95. The van der Waals surface area contributed by atoms with E-state index in [1.54, 1.807) is 0 Å². The van der Waals surface area contributed by atoms with E-state index >= 15 is 0 Å². The quantitative estimate of drug-likeness (QED) is 0.210. The highest BCUT2D eigenvalue weighted by Gasteiger charge is 2.46. The lowest BCUT2D eigenvalue weighted by Crippen LogP contribution is -2.52. The molecule has 2 nitrogen and oxygen atoms in total. The van der Waals surface area contributed by atoms with E-state index in [9.17, 15) is 0 Å². The minimum Gasteiger partial charge on any atom is -0.197 e. The van der Waals surface area contributed by atoms with Gasteiger partial charge in [0.1, 0.15) is 0 Å². The van der Waals surface area contributed by atoms with Crippen molar-refractivity contribution in [1.29, 1.82) is 0 Å². The van der Waals surface area contributed by atoms with E-state index in [1.807, 2.05) is 0 Å². The fourth-order valence-corrected chi connectivity index (χ4v) is 7.10. The van der Waals surface area contributed by atoms with Crippen LogP contribution in [0.2, 0.25) is 0 Å². The topological polar surface area (TPSA) is 7.76 Å². The fraction of sp³-hybridized carbons (Fsp3) is 0.135. The summed E-state index contributed by atoms with van der Waals surface area (Å²) in [6.07, 6.45) is 6.73. The van der Waals surface area contributed by atoms with Crippen molar-refractivity contribution in [3.8, 4) is 33.6 Å². The number of hydrogen-bond donors (Lipinski definition) is 0. The molecule has 0 saturated heterocycles. The van der Waals surface area contributed by atoms with Gasteiger partial charge in [0, 0.05) is 23.8 Å². The van der Waals surface area contributed by atoms with Gasteiger partial charge in [0.15, 0.2) is 25.5 Å². The van der Waals surface area contributed by atoms with E-state index in [2.05, 4.69) is 143 Å². The van der Waals surface area contributed by atoms with Crippen molar-refractivity contribution in [3.63, 3.8) is 0 Å². The van der Waals surface area contributed by atoms with Gasteiger partial charge >= 0.3 is 0 Å². The van der Waals surface area contributed by atoms with Crippen LogP contribution in [0.15, 0.2) is 134 Å². The molecule has 0 bridgehead atoms. The number of nitrogens with zero attached hydrogens (tertiary/aromatic N) is 2. The van der Waals surface area contributed by atoms with Gasteiger partial charge in [0.25, 0.3) is 0 Å². The van der Waals surface area contributed by atoms with Gasteiger partial charge in [-0.2, -0.15) is 9.13 Å². The minimum absolute atomic E-state index is 0.0365. The van der Waals surface area contributed by atoms with E-state index in [1.165, 1.54) is 55.5 Å². The summed E-state index contributed by atoms with van der Waals surface area (Å²) in [5, 5.41) is 2.63. The molecule has 8 rings (SSSR count). The van der Waals surface area contributed by atoms with Crippen molar-refractivity contribution < 1.29 is 9.13 Å². The SMILES string of the molecule is c1ccc(-c2cc[n+]3c(c2)-c2ccccc2CC2(Cc4ccccc4-c4c5ccccc5cc[n+]4C2)C3)cc1. The highest BCUT2D eigenvalue weighted by molar-refractivity contribution is 5.93. The molecule has 0 amide bonds. The third-order valence-electron chi connectivity index (χ3n) is 8.79. The zero-order valence-corrected chi connectivity index (χ0v) is 21.9. The number of rotatable bonds is 1. The van der Waals surface area contributed by atoms with Crippen LogP contribution < -0.4 is 9.13 Å². The lowest BCUT2D eigenvalue weighted by molar-refractivity contribution is -0.737. The maximum Gasteiger partial charge on any atom is 0.220 e. The number of hydrogen-bond acceptors (Lipinski definition) is 0. The number of benzene rings is 4. The van der Waals surface area contributed by atoms with E-state index in [0.717, 1.165) is 25.9 Å². The summed E-state index contributed by atoms with van der Waals surface area (Å²) in [4.78, 5) is 0. The van der Waals surface area contributed by atoms with Crippen molar-refractivity contribution in [2.75, 3.05) is 0 Å². The van der Waals surface area contributed by atoms with Gasteiger partial charge in [-0.3, -0.25) is 0 Å². The molecule has 6 aromatic rings. The zero-order chi connectivity index (χ0) is 25.8. The van der Waals surface area contributed by atoms with Crippen LogP contribution in [-0.2, 0) is 25.9 Å². The van der Waals surface area contributed by atoms with Gasteiger partial charge < -0.3 is 0 Å². The van der Waals surface area contributed by atoms with Crippen molar-refractivity contribution in [2.45, 2.75) is 25.9 Å². The Labute approximate surface area is 229 Å². The molecule has 1 unspecified atom stereocenters. The summed E-state index contributed by atoms with van der Waals surface area (Å²) in [5.74, 6) is 0. The standard InChI is InChI=1S/C37H30N2/c1-2-10-27(11-3-1)29-19-20-38-25-37(23-30-13-5-7-15-32(30)35(38)22-29)24-31-14-6-9-17-34(31)36-33-16-8-4-12-28(33)18-21-39(36)26-37/h1-22H,23-26H2/q+2. The van der Waals surface area contributed by atoms with Crippen LogP contribution in [0.25, 0.3) is 44.4 Å². The Bertz CT molecular complexity index is 1870. The van der Waals surface area contributed by atoms with Crippen LogP contribution in [0, 0.1) is 5.41 Å². The monoisotopic (exact) mass is 502 g/mol. The average molecular weight is 503 g/mol. The van der Waals surface area contributed by atoms with E-state index in [-0.39, 0.29) is 5.41 Å². The number of pyridine rings is 2. The fourth-order valence-electron chi connectivity index (χ4n) is 7.10. The maximum absolute atomic E-state index is 2.54. The first kappa shape index (κ1) is 22.4. The summed E-state index contributed by atoms with van der Waals surface area (Å²) >= 11 is 0. The number of fused-ring (bicyclic) bond motifs is 8. The van der Waals surface area contributed by atoms with Crippen LogP contribution in [0.1, 0.15) is 11.1 Å². The molecule has 0 aliphatic carbocycles. The molecule has 0 radical (unpaired) electrons. The molecular formula is C37H30N2+2. The van der Waals surface area contributed by atoms with Crippen molar-refractivity contribution in [3.05, 3.63) is 145 Å². The Morgan fingerprint density at radius 2 is 1.15 bits per heavy atom. The van der Waals surface area contributed by atoms with E-state index in [4.69, 9.17) is 0 Å². The normalized spacial score (nSPS) is 17.4.